The maximum Gasteiger partial charge on any atom is 0.337 e. The van der Waals surface area contributed by atoms with Gasteiger partial charge in [-0.3, -0.25) is 14.5 Å². The Labute approximate surface area is 131 Å². The molecule has 7 heteroatoms. The van der Waals surface area contributed by atoms with E-state index < -0.39 is 11.2 Å². The Morgan fingerprint density at radius 1 is 1.48 bits per heavy atom. The lowest BCUT2D eigenvalue weighted by atomic mass is 10.2. The summed E-state index contributed by atoms with van der Waals surface area (Å²) in [7, 11) is 0. The van der Waals surface area contributed by atoms with Gasteiger partial charge >= 0.3 is 5.97 Å². The number of hydrogen-bond acceptors (Lipinski definition) is 4. The molecule has 0 radical (unpaired) electrons. The van der Waals surface area contributed by atoms with Crippen LogP contribution in [0.2, 0.25) is 5.02 Å². The largest absolute Gasteiger partial charge is 0.478 e. The van der Waals surface area contributed by atoms with E-state index >= 15 is 0 Å². The molecule has 1 aliphatic rings. The number of hydrogen-bond donors (Lipinski definition) is 1. The van der Waals surface area contributed by atoms with Crippen molar-refractivity contribution in [1.29, 1.82) is 0 Å². The average Bonchev–Trinajstić information content (AvgIpc) is 2.69. The van der Waals surface area contributed by atoms with Crippen molar-refractivity contribution in [3.05, 3.63) is 28.8 Å². The van der Waals surface area contributed by atoms with E-state index in [-0.39, 0.29) is 28.8 Å². The van der Waals surface area contributed by atoms with Crippen LogP contribution in [0.15, 0.2) is 23.1 Å². The minimum absolute atomic E-state index is 0.0103. The number of carboxylic acids is 1. The Morgan fingerprint density at radius 2 is 2.19 bits per heavy atom. The van der Waals surface area contributed by atoms with Crippen LogP contribution >= 0.6 is 23.4 Å². The highest BCUT2D eigenvalue weighted by atomic mass is 35.5. The molecular formula is C14H14ClNO4S. The van der Waals surface area contributed by atoms with Crippen LogP contribution in [-0.2, 0) is 9.59 Å². The maximum atomic E-state index is 12.1. The first kappa shape index (κ1) is 15.9. The molecule has 0 aromatic heterocycles. The summed E-state index contributed by atoms with van der Waals surface area (Å²) in [5.41, 5.74) is -0.0103. The van der Waals surface area contributed by atoms with E-state index in [1.54, 1.807) is 6.07 Å². The molecule has 2 amide bonds. The molecule has 1 atom stereocenters. The van der Waals surface area contributed by atoms with Crippen molar-refractivity contribution in [3.8, 4) is 0 Å². The van der Waals surface area contributed by atoms with Gasteiger partial charge in [-0.1, -0.05) is 18.5 Å². The molecule has 0 bridgehead atoms. The van der Waals surface area contributed by atoms with E-state index in [1.165, 1.54) is 28.8 Å². The summed E-state index contributed by atoms with van der Waals surface area (Å²) < 4.78 is 0. The van der Waals surface area contributed by atoms with Crippen LogP contribution in [0.1, 0.15) is 30.1 Å². The van der Waals surface area contributed by atoms with E-state index in [0.29, 0.717) is 11.4 Å². The number of aromatic carboxylic acids is 1. The van der Waals surface area contributed by atoms with Crippen molar-refractivity contribution >= 4 is 41.1 Å². The number of carboxylic acid groups (broad SMARTS) is 1. The number of likely N-dealkylation sites (tertiary alicyclic amines) is 1. The highest BCUT2D eigenvalue weighted by Gasteiger charge is 2.38. The standard InChI is InChI=1S/C14H14ClNO4S/c1-2-5-16-12(17)7-11(13(16)18)21-8-3-4-10(15)9(6-8)14(19)20/h3-4,6,11H,2,5,7H2,1H3,(H,19,20). The van der Waals surface area contributed by atoms with Gasteiger partial charge in [-0.2, -0.15) is 0 Å². The van der Waals surface area contributed by atoms with Crippen molar-refractivity contribution in [2.24, 2.45) is 0 Å². The lowest BCUT2D eigenvalue weighted by molar-refractivity contribution is -0.138. The fraction of sp³-hybridized carbons (Fsp3) is 0.357. The second kappa shape index (κ2) is 6.49. The molecule has 112 valence electrons. The molecule has 1 unspecified atom stereocenters. The van der Waals surface area contributed by atoms with Crippen LogP contribution < -0.4 is 0 Å². The normalized spacial score (nSPS) is 18.4. The minimum Gasteiger partial charge on any atom is -0.478 e. The van der Waals surface area contributed by atoms with Gasteiger partial charge in [0.25, 0.3) is 0 Å². The lowest BCUT2D eigenvalue weighted by Gasteiger charge is -2.13. The number of benzene rings is 1. The van der Waals surface area contributed by atoms with Gasteiger partial charge in [0.15, 0.2) is 0 Å². The molecule has 1 saturated heterocycles. The topological polar surface area (TPSA) is 74.7 Å². The first-order valence-corrected chi connectivity index (χ1v) is 7.73. The molecule has 1 aromatic carbocycles. The van der Waals surface area contributed by atoms with Crippen molar-refractivity contribution in [2.45, 2.75) is 29.9 Å². The fourth-order valence-corrected chi connectivity index (χ4v) is 3.42. The van der Waals surface area contributed by atoms with E-state index in [2.05, 4.69) is 0 Å². The number of imide groups is 1. The van der Waals surface area contributed by atoms with E-state index in [0.717, 1.165) is 6.42 Å². The van der Waals surface area contributed by atoms with Gasteiger partial charge in [-0.05, 0) is 24.6 Å². The zero-order chi connectivity index (χ0) is 15.6. The zero-order valence-corrected chi connectivity index (χ0v) is 12.9. The number of amides is 2. The quantitative estimate of drug-likeness (QED) is 0.841. The van der Waals surface area contributed by atoms with E-state index in [4.69, 9.17) is 16.7 Å². The summed E-state index contributed by atoms with van der Waals surface area (Å²) in [6.45, 7) is 2.33. The molecule has 1 fully saturated rings. The van der Waals surface area contributed by atoms with Crippen LogP contribution in [0.3, 0.4) is 0 Å². The first-order valence-electron chi connectivity index (χ1n) is 6.47. The zero-order valence-electron chi connectivity index (χ0n) is 11.3. The number of nitrogens with zero attached hydrogens (tertiary/aromatic N) is 1. The predicted molar refractivity (Wildman–Crippen MR) is 79.7 cm³/mol. The Bertz CT molecular complexity index is 605. The van der Waals surface area contributed by atoms with Crippen LogP contribution in [0.5, 0.6) is 0 Å². The number of halogens is 1. The number of carbonyl (C=O) groups excluding carboxylic acids is 2. The molecule has 1 aromatic rings. The van der Waals surface area contributed by atoms with Gasteiger partial charge < -0.3 is 5.11 Å². The SMILES string of the molecule is CCCN1C(=O)CC(Sc2ccc(Cl)c(C(=O)O)c2)C1=O. The summed E-state index contributed by atoms with van der Waals surface area (Å²) in [5, 5.41) is 8.69. The van der Waals surface area contributed by atoms with Crippen molar-refractivity contribution < 1.29 is 19.5 Å². The molecule has 1 heterocycles. The second-order valence-corrected chi connectivity index (χ2v) is 6.32. The second-order valence-electron chi connectivity index (χ2n) is 4.64. The minimum atomic E-state index is -1.12. The van der Waals surface area contributed by atoms with Crippen molar-refractivity contribution in [2.75, 3.05) is 6.54 Å². The third-order valence-corrected chi connectivity index (χ3v) is 4.60. The Balaban J connectivity index is 2.16. The van der Waals surface area contributed by atoms with Crippen molar-refractivity contribution in [1.82, 2.24) is 4.90 Å². The predicted octanol–water partition coefficient (Wildman–Crippen LogP) is 2.67. The third-order valence-electron chi connectivity index (χ3n) is 3.10. The van der Waals surface area contributed by atoms with Gasteiger partial charge in [0.2, 0.25) is 11.8 Å². The highest BCUT2D eigenvalue weighted by molar-refractivity contribution is 8.00. The highest BCUT2D eigenvalue weighted by Crippen LogP contribution is 2.33. The summed E-state index contributed by atoms with van der Waals surface area (Å²) in [4.78, 5) is 36.8. The number of thioether (sulfide) groups is 1. The van der Waals surface area contributed by atoms with E-state index in [1.807, 2.05) is 6.92 Å². The molecule has 1 aliphatic heterocycles. The first-order chi connectivity index (χ1) is 9.93. The van der Waals surface area contributed by atoms with Gasteiger partial charge in [0, 0.05) is 17.9 Å². The Kier molecular flexibility index (Phi) is 4.90. The molecule has 21 heavy (non-hydrogen) atoms. The van der Waals surface area contributed by atoms with Crippen LogP contribution in [-0.4, -0.2) is 39.6 Å². The molecule has 0 spiro atoms. The van der Waals surface area contributed by atoms with Crippen LogP contribution in [0.4, 0.5) is 0 Å². The smallest absolute Gasteiger partial charge is 0.337 e. The third kappa shape index (κ3) is 3.39. The monoisotopic (exact) mass is 327 g/mol. The van der Waals surface area contributed by atoms with Crippen molar-refractivity contribution in [3.63, 3.8) is 0 Å². The summed E-state index contributed by atoms with van der Waals surface area (Å²) >= 11 is 7.00. The van der Waals surface area contributed by atoms with Gasteiger partial charge in [0.05, 0.1) is 15.8 Å². The van der Waals surface area contributed by atoms with Gasteiger partial charge in [-0.15, -0.1) is 11.8 Å². The van der Waals surface area contributed by atoms with Crippen LogP contribution in [0, 0.1) is 0 Å². The molecule has 2 rings (SSSR count). The lowest BCUT2D eigenvalue weighted by Crippen LogP contribution is -2.31. The fourth-order valence-electron chi connectivity index (χ4n) is 2.11. The van der Waals surface area contributed by atoms with Gasteiger partial charge in [0.1, 0.15) is 0 Å². The molecule has 0 aliphatic carbocycles. The maximum absolute atomic E-state index is 12.1. The number of carbonyl (C=O) groups is 3. The number of rotatable bonds is 5. The molecule has 0 saturated carbocycles. The average molecular weight is 328 g/mol. The summed E-state index contributed by atoms with van der Waals surface area (Å²) in [6.07, 6.45) is 0.869. The molecular weight excluding hydrogens is 314 g/mol. The molecule has 5 nitrogen and oxygen atoms in total. The summed E-state index contributed by atoms with van der Waals surface area (Å²) in [6, 6.07) is 4.56. The van der Waals surface area contributed by atoms with Gasteiger partial charge in [-0.25, -0.2) is 4.79 Å². The molecule has 1 N–H and O–H groups in total. The Morgan fingerprint density at radius 3 is 2.81 bits per heavy atom. The summed E-state index contributed by atoms with van der Waals surface area (Å²) in [5.74, 6) is -1.51. The van der Waals surface area contributed by atoms with E-state index in [9.17, 15) is 14.4 Å². The van der Waals surface area contributed by atoms with Crippen LogP contribution in [0.25, 0.3) is 0 Å². The Hall–Kier alpha value is -1.53.